The molecule has 1 aromatic carbocycles. The summed E-state index contributed by atoms with van der Waals surface area (Å²) >= 11 is 0. The van der Waals surface area contributed by atoms with Crippen molar-refractivity contribution in [3.63, 3.8) is 0 Å². The highest BCUT2D eigenvalue weighted by atomic mass is 15.4. The molecule has 1 N–H and O–H groups in total. The Morgan fingerprint density at radius 1 is 1.07 bits per heavy atom. The third-order valence-corrected chi connectivity index (χ3v) is 5.28. The van der Waals surface area contributed by atoms with Crippen molar-refractivity contribution in [3.05, 3.63) is 54.4 Å². The number of nitrogens with one attached hydrogen (secondary N) is 1. The van der Waals surface area contributed by atoms with Crippen molar-refractivity contribution < 1.29 is 0 Å². The number of rotatable bonds is 6. The second-order valence-corrected chi connectivity index (χ2v) is 7.66. The monoisotopic (exact) mass is 376 g/mol. The zero-order chi connectivity index (χ0) is 19.3. The maximum absolute atomic E-state index is 4.80. The van der Waals surface area contributed by atoms with Gasteiger partial charge in [-0.1, -0.05) is 49.6 Å². The second-order valence-electron chi connectivity index (χ2n) is 7.66. The summed E-state index contributed by atoms with van der Waals surface area (Å²) in [6.07, 6.45) is 10.1. The van der Waals surface area contributed by atoms with E-state index in [0.29, 0.717) is 12.0 Å². The molecule has 6 heteroatoms. The van der Waals surface area contributed by atoms with Crippen LogP contribution in [0.1, 0.15) is 37.7 Å². The quantitative estimate of drug-likeness (QED) is 0.699. The van der Waals surface area contributed by atoms with Crippen molar-refractivity contribution in [1.82, 2.24) is 19.7 Å². The van der Waals surface area contributed by atoms with E-state index in [9.17, 15) is 0 Å². The molecule has 146 valence electrons. The summed E-state index contributed by atoms with van der Waals surface area (Å²) < 4.78 is 2.03. The van der Waals surface area contributed by atoms with Gasteiger partial charge in [0.2, 0.25) is 5.95 Å². The lowest BCUT2D eigenvalue weighted by Crippen LogP contribution is -2.23. The molecule has 0 aliphatic heterocycles. The van der Waals surface area contributed by atoms with E-state index < -0.39 is 0 Å². The first-order valence-electron chi connectivity index (χ1n) is 10.1. The Labute approximate surface area is 166 Å². The lowest BCUT2D eigenvalue weighted by Gasteiger charge is -2.23. The molecule has 0 spiro atoms. The molecule has 1 aliphatic rings. The van der Waals surface area contributed by atoms with Gasteiger partial charge < -0.3 is 10.2 Å². The number of benzene rings is 1. The van der Waals surface area contributed by atoms with Crippen LogP contribution in [-0.4, -0.2) is 39.9 Å². The topological polar surface area (TPSA) is 58.9 Å². The first-order valence-corrected chi connectivity index (χ1v) is 10.1. The summed E-state index contributed by atoms with van der Waals surface area (Å²) in [5, 5.41) is 8.17. The highest BCUT2D eigenvalue weighted by Gasteiger charge is 2.18. The third kappa shape index (κ3) is 4.16. The Balaban J connectivity index is 1.60. The Morgan fingerprint density at radius 3 is 2.61 bits per heavy atom. The summed E-state index contributed by atoms with van der Waals surface area (Å²) in [4.78, 5) is 11.3. The number of nitrogens with zero attached hydrogens (tertiary/aromatic N) is 5. The molecule has 1 aliphatic carbocycles. The highest BCUT2D eigenvalue weighted by Crippen LogP contribution is 2.30. The average molecular weight is 377 g/mol. The molecule has 2 aromatic heterocycles. The van der Waals surface area contributed by atoms with Gasteiger partial charge in [-0.3, -0.25) is 0 Å². The third-order valence-electron chi connectivity index (χ3n) is 5.28. The molecule has 0 radical (unpaired) electrons. The molecule has 4 rings (SSSR count). The minimum atomic E-state index is 0.484. The maximum atomic E-state index is 4.80. The summed E-state index contributed by atoms with van der Waals surface area (Å²) in [5.41, 5.74) is 3.15. The van der Waals surface area contributed by atoms with Crippen LogP contribution in [0.15, 0.2) is 48.8 Å². The molecular formula is C22H28N6. The normalized spacial score (nSPS) is 14.8. The van der Waals surface area contributed by atoms with Gasteiger partial charge in [-0.05, 0) is 24.5 Å². The average Bonchev–Trinajstić information content (AvgIpc) is 3.14. The summed E-state index contributed by atoms with van der Waals surface area (Å²) in [7, 11) is 4.09. The van der Waals surface area contributed by atoms with Gasteiger partial charge in [-0.25, -0.2) is 14.6 Å². The van der Waals surface area contributed by atoms with Gasteiger partial charge >= 0.3 is 0 Å². The predicted octanol–water partition coefficient (Wildman–Crippen LogP) is 4.20. The van der Waals surface area contributed by atoms with Crippen molar-refractivity contribution in [2.24, 2.45) is 0 Å². The van der Waals surface area contributed by atoms with Crippen LogP contribution in [0.25, 0.3) is 11.3 Å². The fourth-order valence-electron chi connectivity index (χ4n) is 3.91. The first-order chi connectivity index (χ1) is 13.7. The molecule has 28 heavy (non-hydrogen) atoms. The van der Waals surface area contributed by atoms with E-state index in [1.807, 2.05) is 43.3 Å². The number of aromatic nitrogens is 4. The lowest BCUT2D eigenvalue weighted by atomic mass is 9.96. The molecule has 2 heterocycles. The number of anilines is 2. The van der Waals surface area contributed by atoms with Crippen molar-refractivity contribution in [2.75, 3.05) is 24.3 Å². The van der Waals surface area contributed by atoms with Gasteiger partial charge in [0.1, 0.15) is 5.82 Å². The van der Waals surface area contributed by atoms with Gasteiger partial charge in [0.15, 0.2) is 0 Å². The molecule has 0 atom stereocenters. The fraction of sp³-hybridized carbons (Fsp3) is 0.409. The van der Waals surface area contributed by atoms with Crippen molar-refractivity contribution in [1.29, 1.82) is 0 Å². The van der Waals surface area contributed by atoms with Crippen molar-refractivity contribution in [2.45, 2.75) is 44.7 Å². The first kappa shape index (κ1) is 18.5. The Bertz CT molecular complexity index is 896. The number of hydrogen-bond donors (Lipinski definition) is 1. The van der Waals surface area contributed by atoms with Gasteiger partial charge in [0, 0.05) is 26.3 Å². The van der Waals surface area contributed by atoms with Crippen LogP contribution in [-0.2, 0) is 6.54 Å². The molecular weight excluding hydrogens is 348 g/mol. The molecule has 1 saturated carbocycles. The van der Waals surface area contributed by atoms with E-state index in [1.54, 1.807) is 0 Å². The molecule has 0 saturated heterocycles. The Hall–Kier alpha value is -2.89. The lowest BCUT2D eigenvalue weighted by molar-refractivity contribution is 0.461. The van der Waals surface area contributed by atoms with Gasteiger partial charge in [0.25, 0.3) is 0 Å². The zero-order valence-electron chi connectivity index (χ0n) is 16.7. The summed E-state index contributed by atoms with van der Waals surface area (Å²) in [6, 6.07) is 12.8. The SMILES string of the molecule is CN(C)c1c(-c2ccnc(NC3CCCCC3)n2)cnn1Cc1ccccc1. The van der Waals surface area contributed by atoms with E-state index >= 15 is 0 Å². The fourth-order valence-corrected chi connectivity index (χ4v) is 3.91. The highest BCUT2D eigenvalue weighted by molar-refractivity contribution is 5.73. The zero-order valence-corrected chi connectivity index (χ0v) is 16.7. The van der Waals surface area contributed by atoms with Gasteiger partial charge in [0.05, 0.1) is 24.0 Å². The second kappa shape index (κ2) is 8.42. The van der Waals surface area contributed by atoms with Crippen molar-refractivity contribution in [3.8, 4) is 11.3 Å². The Kier molecular flexibility index (Phi) is 5.55. The van der Waals surface area contributed by atoms with Gasteiger partial charge in [-0.2, -0.15) is 5.10 Å². The van der Waals surface area contributed by atoms with Crippen LogP contribution in [0, 0.1) is 0 Å². The molecule has 0 amide bonds. The maximum Gasteiger partial charge on any atom is 0.223 e. The van der Waals surface area contributed by atoms with Crippen LogP contribution in [0.2, 0.25) is 0 Å². The minimum absolute atomic E-state index is 0.484. The molecule has 1 fully saturated rings. The minimum Gasteiger partial charge on any atom is -0.362 e. The standard InChI is InChI=1S/C22H28N6/c1-27(2)21-19(15-24-28(21)16-17-9-5-3-6-10-17)20-13-14-23-22(26-20)25-18-11-7-4-8-12-18/h3,5-6,9-10,13-15,18H,4,7-8,11-12,16H2,1-2H3,(H,23,25,26). The van der Waals surface area contributed by atoms with E-state index in [2.05, 4.69) is 44.6 Å². The summed E-state index contributed by atoms with van der Waals surface area (Å²) in [6.45, 7) is 0.729. The Morgan fingerprint density at radius 2 is 1.86 bits per heavy atom. The van der Waals surface area contributed by atoms with Crippen LogP contribution in [0.3, 0.4) is 0 Å². The van der Waals surface area contributed by atoms with E-state index in [4.69, 9.17) is 4.98 Å². The summed E-state index contributed by atoms with van der Waals surface area (Å²) in [5.74, 6) is 1.76. The van der Waals surface area contributed by atoms with Crippen LogP contribution < -0.4 is 10.2 Å². The molecule has 3 aromatic rings. The van der Waals surface area contributed by atoms with Gasteiger partial charge in [-0.15, -0.1) is 0 Å². The van der Waals surface area contributed by atoms with E-state index in [0.717, 1.165) is 23.6 Å². The number of hydrogen-bond acceptors (Lipinski definition) is 5. The van der Waals surface area contributed by atoms with Crippen LogP contribution in [0.5, 0.6) is 0 Å². The van der Waals surface area contributed by atoms with Crippen LogP contribution >= 0.6 is 0 Å². The smallest absolute Gasteiger partial charge is 0.223 e. The predicted molar refractivity (Wildman–Crippen MR) is 114 cm³/mol. The molecule has 6 nitrogen and oxygen atoms in total. The largest absolute Gasteiger partial charge is 0.362 e. The van der Waals surface area contributed by atoms with Crippen molar-refractivity contribution >= 4 is 11.8 Å². The van der Waals surface area contributed by atoms with E-state index in [-0.39, 0.29) is 0 Å². The van der Waals surface area contributed by atoms with Crippen LogP contribution in [0.4, 0.5) is 11.8 Å². The van der Waals surface area contributed by atoms with E-state index in [1.165, 1.54) is 37.7 Å². The molecule has 0 bridgehead atoms. The molecule has 0 unspecified atom stereocenters.